The first-order valence-electron chi connectivity index (χ1n) is 13.7. The Morgan fingerprint density at radius 1 is 1.23 bits per heavy atom. The standard InChI is InChI=1S/C28H41N7O3Si/c1-28(2,3)38-27(36)33-12-8-21(9-13-33)24(7-11-29)35-18-22(17-32-35)25-23-10-14-34(26(23)31-19-30-25)20-37-15-16-39(4,5)6/h10,14,17-19,21,24H,7-9,12-13,15-16,20H2,1-6H3. The molecule has 1 aliphatic rings. The van der Waals surface area contributed by atoms with E-state index in [-0.39, 0.29) is 18.1 Å². The predicted molar refractivity (Wildman–Crippen MR) is 153 cm³/mol. The number of aromatic nitrogens is 5. The SMILES string of the molecule is CC(C)(C)OC(=O)N1CCC(C(CC#N)n2cc(-c3ncnc4c3ccn4COCC[Si](C)(C)C)cn2)CC1. The van der Waals surface area contributed by atoms with Crippen LogP contribution in [0.2, 0.25) is 25.7 Å². The van der Waals surface area contributed by atoms with Crippen molar-refractivity contribution < 1.29 is 14.3 Å². The number of rotatable bonds is 9. The third kappa shape index (κ3) is 7.45. The quantitative estimate of drug-likeness (QED) is 0.247. The molecule has 1 unspecified atom stereocenters. The van der Waals surface area contributed by atoms with Gasteiger partial charge in [0.05, 0.1) is 30.4 Å². The zero-order valence-electron chi connectivity index (χ0n) is 24.1. The Labute approximate surface area is 231 Å². The smallest absolute Gasteiger partial charge is 0.410 e. The summed E-state index contributed by atoms with van der Waals surface area (Å²) in [4.78, 5) is 23.3. The molecule has 1 fully saturated rings. The molecule has 1 atom stereocenters. The molecule has 0 aliphatic carbocycles. The van der Waals surface area contributed by atoms with Crippen molar-refractivity contribution in [2.24, 2.45) is 5.92 Å². The number of carbonyl (C=O) groups excluding carboxylic acids is 1. The molecule has 210 valence electrons. The number of hydrogen-bond donors (Lipinski definition) is 0. The van der Waals surface area contributed by atoms with E-state index >= 15 is 0 Å². The summed E-state index contributed by atoms with van der Waals surface area (Å²) >= 11 is 0. The Hall–Kier alpha value is -3.23. The molecule has 1 amide bonds. The minimum atomic E-state index is -1.14. The Balaban J connectivity index is 1.46. The number of nitrogens with zero attached hydrogens (tertiary/aromatic N) is 7. The van der Waals surface area contributed by atoms with E-state index in [9.17, 15) is 10.1 Å². The van der Waals surface area contributed by atoms with Crippen LogP contribution in [-0.4, -0.2) is 68.7 Å². The highest BCUT2D eigenvalue weighted by Crippen LogP contribution is 2.33. The number of nitriles is 1. The average molecular weight is 552 g/mol. The molecule has 11 heteroatoms. The second-order valence-corrected chi connectivity index (χ2v) is 18.2. The second kappa shape index (κ2) is 11.9. The van der Waals surface area contributed by atoms with Gasteiger partial charge in [-0.2, -0.15) is 10.4 Å². The van der Waals surface area contributed by atoms with Crippen molar-refractivity contribution >= 4 is 25.2 Å². The molecule has 0 bridgehead atoms. The Kier molecular flexibility index (Phi) is 8.76. The molecule has 0 radical (unpaired) electrons. The zero-order chi connectivity index (χ0) is 28.2. The molecule has 4 heterocycles. The Morgan fingerprint density at radius 3 is 2.64 bits per heavy atom. The predicted octanol–water partition coefficient (Wildman–Crippen LogP) is 5.71. The summed E-state index contributed by atoms with van der Waals surface area (Å²) in [5, 5.41) is 15.2. The topological polar surface area (TPSA) is 111 Å². The van der Waals surface area contributed by atoms with Gasteiger partial charge in [0, 0.05) is 51.1 Å². The van der Waals surface area contributed by atoms with E-state index in [1.165, 1.54) is 0 Å². The zero-order valence-corrected chi connectivity index (χ0v) is 25.1. The van der Waals surface area contributed by atoms with E-state index in [1.807, 2.05) is 54.7 Å². The monoisotopic (exact) mass is 551 g/mol. The maximum absolute atomic E-state index is 12.5. The van der Waals surface area contributed by atoms with Gasteiger partial charge in [-0.1, -0.05) is 19.6 Å². The first kappa shape index (κ1) is 28.8. The van der Waals surface area contributed by atoms with Crippen LogP contribution < -0.4 is 0 Å². The van der Waals surface area contributed by atoms with Crippen LogP contribution in [0, 0.1) is 17.2 Å². The van der Waals surface area contributed by atoms with Gasteiger partial charge < -0.3 is 18.9 Å². The summed E-state index contributed by atoms with van der Waals surface area (Å²) in [6, 6.07) is 5.40. The summed E-state index contributed by atoms with van der Waals surface area (Å²) in [7, 11) is -1.14. The lowest BCUT2D eigenvalue weighted by atomic mass is 9.88. The van der Waals surface area contributed by atoms with Gasteiger partial charge >= 0.3 is 6.09 Å². The van der Waals surface area contributed by atoms with E-state index in [4.69, 9.17) is 9.47 Å². The van der Waals surface area contributed by atoms with Gasteiger partial charge in [-0.05, 0) is 51.6 Å². The van der Waals surface area contributed by atoms with Crippen LogP contribution in [-0.2, 0) is 16.2 Å². The number of likely N-dealkylation sites (tertiary alicyclic amines) is 1. The molecular formula is C28H41N7O3Si. The highest BCUT2D eigenvalue weighted by atomic mass is 28.3. The van der Waals surface area contributed by atoms with E-state index in [0.717, 1.165) is 47.8 Å². The van der Waals surface area contributed by atoms with Crippen LogP contribution in [0.25, 0.3) is 22.3 Å². The lowest BCUT2D eigenvalue weighted by Gasteiger charge is -2.36. The number of fused-ring (bicyclic) bond motifs is 1. The van der Waals surface area contributed by atoms with Gasteiger partial charge in [-0.25, -0.2) is 14.8 Å². The largest absolute Gasteiger partial charge is 0.444 e. The lowest BCUT2D eigenvalue weighted by Crippen LogP contribution is -2.43. The van der Waals surface area contributed by atoms with E-state index in [1.54, 1.807) is 11.2 Å². The summed E-state index contributed by atoms with van der Waals surface area (Å²) in [5.41, 5.74) is 2.00. The molecule has 1 aliphatic heterocycles. The highest BCUT2D eigenvalue weighted by Gasteiger charge is 2.32. The van der Waals surface area contributed by atoms with Crippen molar-refractivity contribution in [2.45, 2.75) is 84.1 Å². The summed E-state index contributed by atoms with van der Waals surface area (Å²) in [6.45, 7) is 15.1. The molecule has 3 aromatic heterocycles. The van der Waals surface area contributed by atoms with Crippen LogP contribution in [0.3, 0.4) is 0 Å². The number of ether oxygens (including phenoxy) is 2. The fourth-order valence-corrected chi connectivity index (χ4v) is 5.64. The highest BCUT2D eigenvalue weighted by molar-refractivity contribution is 6.76. The van der Waals surface area contributed by atoms with Crippen molar-refractivity contribution in [3.8, 4) is 17.3 Å². The van der Waals surface area contributed by atoms with Crippen LogP contribution in [0.5, 0.6) is 0 Å². The van der Waals surface area contributed by atoms with Gasteiger partial charge in [0.1, 0.15) is 24.3 Å². The van der Waals surface area contributed by atoms with Crippen molar-refractivity contribution in [1.82, 2.24) is 29.2 Å². The molecule has 4 rings (SSSR count). The van der Waals surface area contributed by atoms with E-state index in [2.05, 4.69) is 40.8 Å². The molecule has 10 nitrogen and oxygen atoms in total. The van der Waals surface area contributed by atoms with Gasteiger partial charge in [-0.3, -0.25) is 4.68 Å². The van der Waals surface area contributed by atoms with Crippen LogP contribution in [0.1, 0.15) is 46.1 Å². The molecule has 39 heavy (non-hydrogen) atoms. The Bertz CT molecular complexity index is 1310. The number of amides is 1. The van der Waals surface area contributed by atoms with Gasteiger partial charge in [0.2, 0.25) is 0 Å². The van der Waals surface area contributed by atoms with Crippen molar-refractivity contribution in [3.63, 3.8) is 0 Å². The Morgan fingerprint density at radius 2 is 1.97 bits per heavy atom. The third-order valence-corrected chi connectivity index (χ3v) is 8.74. The number of piperidine rings is 1. The maximum atomic E-state index is 12.5. The van der Waals surface area contributed by atoms with Gasteiger partial charge in [0.25, 0.3) is 0 Å². The molecule has 0 aromatic carbocycles. The third-order valence-electron chi connectivity index (χ3n) is 7.03. The second-order valence-electron chi connectivity index (χ2n) is 12.5. The van der Waals surface area contributed by atoms with Crippen LogP contribution in [0.4, 0.5) is 4.79 Å². The fourth-order valence-electron chi connectivity index (χ4n) is 4.88. The van der Waals surface area contributed by atoms with Crippen molar-refractivity contribution in [2.75, 3.05) is 19.7 Å². The van der Waals surface area contributed by atoms with Gasteiger partial charge in [0.15, 0.2) is 0 Å². The molecular weight excluding hydrogens is 510 g/mol. The number of hydrogen-bond acceptors (Lipinski definition) is 7. The first-order valence-corrected chi connectivity index (χ1v) is 17.4. The normalized spacial score (nSPS) is 15.9. The maximum Gasteiger partial charge on any atom is 0.410 e. The van der Waals surface area contributed by atoms with Crippen molar-refractivity contribution in [3.05, 3.63) is 31.0 Å². The molecule has 0 N–H and O–H groups in total. The molecule has 0 saturated carbocycles. The minimum Gasteiger partial charge on any atom is -0.444 e. The first-order chi connectivity index (χ1) is 18.4. The van der Waals surface area contributed by atoms with E-state index < -0.39 is 13.7 Å². The van der Waals surface area contributed by atoms with Crippen molar-refractivity contribution in [1.29, 1.82) is 5.26 Å². The lowest BCUT2D eigenvalue weighted by molar-refractivity contribution is 0.0160. The number of carbonyl (C=O) groups is 1. The minimum absolute atomic E-state index is 0.0776. The summed E-state index contributed by atoms with van der Waals surface area (Å²) in [5.74, 6) is 0.232. The molecule has 0 spiro atoms. The van der Waals surface area contributed by atoms with E-state index in [0.29, 0.717) is 26.2 Å². The van der Waals surface area contributed by atoms with Crippen LogP contribution in [0.15, 0.2) is 31.0 Å². The molecule has 1 saturated heterocycles. The molecule has 3 aromatic rings. The summed E-state index contributed by atoms with van der Waals surface area (Å²) in [6.07, 6.45) is 9.00. The summed E-state index contributed by atoms with van der Waals surface area (Å²) < 4.78 is 15.4. The van der Waals surface area contributed by atoms with Gasteiger partial charge in [-0.15, -0.1) is 0 Å². The van der Waals surface area contributed by atoms with Crippen LogP contribution >= 0.6 is 0 Å². The fraction of sp³-hybridized carbons (Fsp3) is 0.607. The average Bonchev–Trinajstić information content (AvgIpc) is 3.51.